The fourth-order valence-corrected chi connectivity index (χ4v) is 2.05. The Balaban J connectivity index is 1.95. The molecule has 0 saturated carbocycles. The Bertz CT molecular complexity index is 863. The maximum atomic E-state index is 14.1. The summed E-state index contributed by atoms with van der Waals surface area (Å²) in [6.07, 6.45) is 2.99. The van der Waals surface area contributed by atoms with Gasteiger partial charge in [-0.2, -0.15) is 4.98 Å². The highest BCUT2D eigenvalue weighted by molar-refractivity contribution is 5.93. The van der Waals surface area contributed by atoms with Crippen molar-refractivity contribution in [1.29, 1.82) is 0 Å². The van der Waals surface area contributed by atoms with Crippen molar-refractivity contribution in [2.24, 2.45) is 0 Å². The third kappa shape index (κ3) is 2.44. The number of carbonyl (C=O) groups is 1. The van der Waals surface area contributed by atoms with Gasteiger partial charge in [0.05, 0.1) is 19.1 Å². The Morgan fingerprint density at radius 3 is 2.95 bits per heavy atom. The molecule has 0 aliphatic heterocycles. The summed E-state index contributed by atoms with van der Waals surface area (Å²) in [5, 5.41) is 8.54. The smallest absolute Gasteiger partial charge is 0.274 e. The number of imidazole rings is 1. The van der Waals surface area contributed by atoms with E-state index in [1.54, 1.807) is 4.57 Å². The second-order valence-corrected chi connectivity index (χ2v) is 4.56. The van der Waals surface area contributed by atoms with Crippen LogP contribution in [-0.4, -0.2) is 30.6 Å². The molecule has 0 bridgehead atoms. The Labute approximate surface area is 123 Å². The van der Waals surface area contributed by atoms with Gasteiger partial charge in [0.1, 0.15) is 11.3 Å². The van der Waals surface area contributed by atoms with Crippen LogP contribution in [0.15, 0.2) is 30.7 Å². The molecule has 3 aromatic rings. The fourth-order valence-electron chi connectivity index (χ4n) is 2.05. The quantitative estimate of drug-likeness (QED) is 0.484. The number of hydrogen-bond donors (Lipinski definition) is 3. The number of amides is 1. The maximum Gasteiger partial charge on any atom is 0.274 e. The Hall–Kier alpha value is -3.07. The molecular weight excluding hydrogens is 291 g/mol. The van der Waals surface area contributed by atoms with Crippen LogP contribution < -0.4 is 11.2 Å². The van der Waals surface area contributed by atoms with Gasteiger partial charge < -0.3 is 10.3 Å². The Kier molecular flexibility index (Phi) is 3.39. The van der Waals surface area contributed by atoms with Gasteiger partial charge in [0.2, 0.25) is 5.95 Å². The molecule has 112 valence electrons. The highest BCUT2D eigenvalue weighted by Gasteiger charge is 2.11. The van der Waals surface area contributed by atoms with E-state index >= 15 is 0 Å². The lowest BCUT2D eigenvalue weighted by Crippen LogP contribution is -2.19. The van der Waals surface area contributed by atoms with Crippen molar-refractivity contribution in [3.8, 4) is 0 Å². The van der Waals surface area contributed by atoms with Gasteiger partial charge in [-0.15, -0.1) is 0 Å². The summed E-state index contributed by atoms with van der Waals surface area (Å²) in [4.78, 5) is 23.2. The first kappa shape index (κ1) is 13.9. The van der Waals surface area contributed by atoms with Crippen LogP contribution >= 0.6 is 0 Å². The van der Waals surface area contributed by atoms with Gasteiger partial charge >= 0.3 is 0 Å². The molecule has 0 fully saturated rings. The number of hydroxylamine groups is 1. The standard InChI is InChI=1S/C13H11FN6O2/c14-9-3-7(12(21)19-22)1-2-8(9)5-20-6-17-10-4-16-13(15)18-11(10)20/h1-4,6,22H,5H2,(H,19,21)(H2,15,16,18). The lowest BCUT2D eigenvalue weighted by Gasteiger charge is -2.07. The third-order valence-corrected chi connectivity index (χ3v) is 3.13. The van der Waals surface area contributed by atoms with Gasteiger partial charge in [-0.25, -0.2) is 19.8 Å². The zero-order valence-corrected chi connectivity index (χ0v) is 11.2. The average molecular weight is 302 g/mol. The second-order valence-electron chi connectivity index (χ2n) is 4.56. The van der Waals surface area contributed by atoms with Crippen LogP contribution in [0, 0.1) is 5.82 Å². The molecule has 0 atom stereocenters. The molecule has 4 N–H and O–H groups in total. The molecule has 1 aromatic carbocycles. The number of rotatable bonds is 3. The Morgan fingerprint density at radius 1 is 1.41 bits per heavy atom. The molecule has 3 rings (SSSR count). The average Bonchev–Trinajstić information content (AvgIpc) is 2.90. The summed E-state index contributed by atoms with van der Waals surface area (Å²) in [5.41, 5.74) is 8.39. The summed E-state index contributed by atoms with van der Waals surface area (Å²) in [6.45, 7) is 0.166. The predicted molar refractivity (Wildman–Crippen MR) is 74.5 cm³/mol. The van der Waals surface area contributed by atoms with Gasteiger partial charge in [-0.1, -0.05) is 6.07 Å². The number of nitrogens with one attached hydrogen (secondary N) is 1. The molecule has 1 amide bonds. The van der Waals surface area contributed by atoms with Gasteiger partial charge in [-0.05, 0) is 12.1 Å². The first-order chi connectivity index (χ1) is 10.6. The van der Waals surface area contributed by atoms with Crippen LogP contribution in [0.4, 0.5) is 10.3 Å². The maximum absolute atomic E-state index is 14.1. The van der Waals surface area contributed by atoms with E-state index in [4.69, 9.17) is 10.9 Å². The molecule has 2 aromatic heterocycles. The van der Waals surface area contributed by atoms with E-state index in [9.17, 15) is 9.18 Å². The number of hydrogen-bond acceptors (Lipinski definition) is 6. The summed E-state index contributed by atoms with van der Waals surface area (Å²) in [6, 6.07) is 3.91. The second kappa shape index (κ2) is 5.37. The van der Waals surface area contributed by atoms with E-state index in [-0.39, 0.29) is 18.1 Å². The summed E-state index contributed by atoms with van der Waals surface area (Å²) in [5.74, 6) is -1.26. The summed E-state index contributed by atoms with van der Waals surface area (Å²) >= 11 is 0. The number of fused-ring (bicyclic) bond motifs is 1. The van der Waals surface area contributed by atoms with Gasteiger partial charge in [0.25, 0.3) is 5.91 Å². The number of benzene rings is 1. The summed E-state index contributed by atoms with van der Waals surface area (Å²) < 4.78 is 15.7. The monoisotopic (exact) mass is 302 g/mol. The third-order valence-electron chi connectivity index (χ3n) is 3.13. The van der Waals surface area contributed by atoms with E-state index < -0.39 is 11.7 Å². The highest BCUT2D eigenvalue weighted by atomic mass is 19.1. The minimum absolute atomic E-state index is 0.0193. The SMILES string of the molecule is Nc1ncc2ncn(Cc3ccc(C(=O)NO)cc3F)c2n1. The van der Waals surface area contributed by atoms with E-state index in [1.807, 2.05) is 0 Å². The first-order valence-electron chi connectivity index (χ1n) is 6.24. The molecule has 22 heavy (non-hydrogen) atoms. The molecule has 0 saturated heterocycles. The molecule has 0 aliphatic rings. The lowest BCUT2D eigenvalue weighted by atomic mass is 10.1. The molecule has 9 heteroatoms. The zero-order chi connectivity index (χ0) is 15.7. The van der Waals surface area contributed by atoms with Crippen LogP contribution in [0.25, 0.3) is 11.2 Å². The van der Waals surface area contributed by atoms with Crippen LogP contribution in [0.2, 0.25) is 0 Å². The number of anilines is 1. The number of nitrogens with zero attached hydrogens (tertiary/aromatic N) is 4. The van der Waals surface area contributed by atoms with E-state index in [0.717, 1.165) is 6.07 Å². The van der Waals surface area contributed by atoms with Crippen LogP contribution in [-0.2, 0) is 6.54 Å². The molecular formula is C13H11FN6O2. The topological polar surface area (TPSA) is 119 Å². The van der Waals surface area contributed by atoms with Crippen molar-refractivity contribution in [3.63, 3.8) is 0 Å². The van der Waals surface area contributed by atoms with E-state index in [1.165, 1.54) is 30.1 Å². The van der Waals surface area contributed by atoms with Crippen molar-refractivity contribution in [3.05, 3.63) is 47.7 Å². The number of halogens is 1. The van der Waals surface area contributed by atoms with E-state index in [2.05, 4.69) is 15.0 Å². The van der Waals surface area contributed by atoms with E-state index in [0.29, 0.717) is 16.7 Å². The van der Waals surface area contributed by atoms with Crippen molar-refractivity contribution < 1.29 is 14.4 Å². The highest BCUT2D eigenvalue weighted by Crippen LogP contribution is 2.16. The predicted octanol–water partition coefficient (Wildman–Crippen LogP) is 0.715. The van der Waals surface area contributed by atoms with Crippen LogP contribution in [0.5, 0.6) is 0 Å². The molecule has 0 spiro atoms. The van der Waals surface area contributed by atoms with Crippen molar-refractivity contribution >= 4 is 23.0 Å². The number of nitrogens with two attached hydrogens (primary N) is 1. The molecule has 8 nitrogen and oxygen atoms in total. The minimum atomic E-state index is -0.779. The minimum Gasteiger partial charge on any atom is -0.368 e. The number of aromatic nitrogens is 4. The van der Waals surface area contributed by atoms with Crippen molar-refractivity contribution in [2.75, 3.05) is 5.73 Å². The first-order valence-corrected chi connectivity index (χ1v) is 6.24. The molecule has 2 heterocycles. The molecule has 0 aliphatic carbocycles. The van der Waals surface area contributed by atoms with Crippen molar-refractivity contribution in [2.45, 2.75) is 6.54 Å². The summed E-state index contributed by atoms with van der Waals surface area (Å²) in [7, 11) is 0. The number of nitrogen functional groups attached to an aromatic ring is 1. The Morgan fingerprint density at radius 2 is 2.23 bits per heavy atom. The molecule has 0 radical (unpaired) electrons. The normalized spacial score (nSPS) is 10.8. The largest absolute Gasteiger partial charge is 0.368 e. The van der Waals surface area contributed by atoms with Crippen LogP contribution in [0.3, 0.4) is 0 Å². The molecule has 0 unspecified atom stereocenters. The lowest BCUT2D eigenvalue weighted by molar-refractivity contribution is 0.0706. The van der Waals surface area contributed by atoms with Gasteiger partial charge in [0.15, 0.2) is 5.65 Å². The fraction of sp³-hybridized carbons (Fsp3) is 0.0769. The zero-order valence-electron chi connectivity index (χ0n) is 11.2. The van der Waals surface area contributed by atoms with Gasteiger partial charge in [-0.3, -0.25) is 10.0 Å². The van der Waals surface area contributed by atoms with Crippen LogP contribution in [0.1, 0.15) is 15.9 Å². The number of carbonyl (C=O) groups excluding carboxylic acids is 1. The van der Waals surface area contributed by atoms with Gasteiger partial charge in [0, 0.05) is 11.1 Å². The van der Waals surface area contributed by atoms with Crippen molar-refractivity contribution in [1.82, 2.24) is 25.0 Å².